The normalized spacial score (nSPS) is 22.1. The maximum atomic E-state index is 3.22. The van der Waals surface area contributed by atoms with E-state index in [0.717, 1.165) is 0 Å². The SMILES string of the molecule is CCCC1[C-]=CC=C1.[Zr]. The van der Waals surface area contributed by atoms with Crippen molar-refractivity contribution in [2.24, 2.45) is 5.92 Å². The topological polar surface area (TPSA) is 0 Å². The van der Waals surface area contributed by atoms with Gasteiger partial charge in [-0.15, -0.1) is 0 Å². The van der Waals surface area contributed by atoms with Crippen LogP contribution in [-0.2, 0) is 26.2 Å². The van der Waals surface area contributed by atoms with Crippen LogP contribution in [0.15, 0.2) is 18.2 Å². The molecule has 0 saturated heterocycles. The molecular formula is C8H11Zr-. The summed E-state index contributed by atoms with van der Waals surface area (Å²) >= 11 is 0. The maximum Gasteiger partial charge on any atom is 0 e. The van der Waals surface area contributed by atoms with Crippen molar-refractivity contribution >= 4 is 0 Å². The van der Waals surface area contributed by atoms with Gasteiger partial charge in [0.1, 0.15) is 0 Å². The van der Waals surface area contributed by atoms with Crippen LogP contribution in [0.5, 0.6) is 0 Å². The Kier molecular flexibility index (Phi) is 5.38. The second-order valence-electron chi connectivity index (χ2n) is 2.11. The average molecular weight is 198 g/mol. The van der Waals surface area contributed by atoms with Crippen molar-refractivity contribution in [2.75, 3.05) is 0 Å². The second kappa shape index (κ2) is 5.17. The summed E-state index contributed by atoms with van der Waals surface area (Å²) in [4.78, 5) is 0. The van der Waals surface area contributed by atoms with Crippen molar-refractivity contribution in [1.29, 1.82) is 0 Å². The van der Waals surface area contributed by atoms with Gasteiger partial charge in [-0.1, -0.05) is 25.7 Å². The second-order valence-corrected chi connectivity index (χ2v) is 2.11. The molecule has 48 valence electrons. The Morgan fingerprint density at radius 3 is 2.78 bits per heavy atom. The summed E-state index contributed by atoms with van der Waals surface area (Å²) in [7, 11) is 0. The molecule has 9 heavy (non-hydrogen) atoms. The molecule has 0 heterocycles. The number of hydrogen-bond acceptors (Lipinski definition) is 0. The Labute approximate surface area is 76.2 Å². The summed E-state index contributed by atoms with van der Waals surface area (Å²) < 4.78 is 0. The molecule has 1 unspecified atom stereocenters. The first-order valence-corrected chi connectivity index (χ1v) is 3.19. The molecule has 1 aliphatic carbocycles. The molecule has 0 nitrogen and oxygen atoms in total. The van der Waals surface area contributed by atoms with Gasteiger partial charge in [0.25, 0.3) is 0 Å². The Bertz CT molecular complexity index is 102. The van der Waals surface area contributed by atoms with Gasteiger partial charge < -0.3 is 0 Å². The van der Waals surface area contributed by atoms with E-state index in [0.29, 0.717) is 5.92 Å². The fourth-order valence-corrected chi connectivity index (χ4v) is 0.915. The number of allylic oxidation sites excluding steroid dienone is 4. The van der Waals surface area contributed by atoms with Gasteiger partial charge in [-0.05, 0) is 0 Å². The molecule has 1 aliphatic rings. The van der Waals surface area contributed by atoms with Crippen LogP contribution in [0, 0.1) is 12.0 Å². The third-order valence-corrected chi connectivity index (χ3v) is 1.35. The third-order valence-electron chi connectivity index (χ3n) is 1.35. The Hall–Kier alpha value is 0.363. The van der Waals surface area contributed by atoms with Crippen molar-refractivity contribution in [3.63, 3.8) is 0 Å². The van der Waals surface area contributed by atoms with Gasteiger partial charge in [-0.3, -0.25) is 6.08 Å². The van der Waals surface area contributed by atoms with E-state index in [4.69, 9.17) is 0 Å². The van der Waals surface area contributed by atoms with E-state index >= 15 is 0 Å². The molecule has 0 spiro atoms. The van der Waals surface area contributed by atoms with E-state index < -0.39 is 0 Å². The summed E-state index contributed by atoms with van der Waals surface area (Å²) in [5.74, 6) is 0.625. The molecule has 0 fully saturated rings. The van der Waals surface area contributed by atoms with E-state index in [1.54, 1.807) is 0 Å². The molecule has 0 N–H and O–H groups in total. The van der Waals surface area contributed by atoms with Gasteiger partial charge in [0.15, 0.2) is 0 Å². The van der Waals surface area contributed by atoms with E-state index in [-0.39, 0.29) is 26.2 Å². The Morgan fingerprint density at radius 1 is 1.56 bits per heavy atom. The van der Waals surface area contributed by atoms with Gasteiger partial charge in [-0.2, -0.15) is 6.08 Å². The fourth-order valence-electron chi connectivity index (χ4n) is 0.915. The van der Waals surface area contributed by atoms with Crippen molar-refractivity contribution in [3.8, 4) is 0 Å². The number of hydrogen-bond donors (Lipinski definition) is 0. The monoisotopic (exact) mass is 197 g/mol. The van der Waals surface area contributed by atoms with Crippen LogP contribution in [0.1, 0.15) is 19.8 Å². The van der Waals surface area contributed by atoms with Crippen molar-refractivity contribution in [1.82, 2.24) is 0 Å². The minimum Gasteiger partial charge on any atom is -0.270 e. The molecule has 0 radical (unpaired) electrons. The van der Waals surface area contributed by atoms with E-state index in [1.165, 1.54) is 12.8 Å². The van der Waals surface area contributed by atoms with Gasteiger partial charge in [0.05, 0.1) is 0 Å². The minimum absolute atomic E-state index is 0. The predicted octanol–water partition coefficient (Wildman–Crippen LogP) is 2.33. The smallest absolute Gasteiger partial charge is 0 e. The quantitative estimate of drug-likeness (QED) is 0.598. The first-order valence-electron chi connectivity index (χ1n) is 3.19. The van der Waals surface area contributed by atoms with Crippen LogP contribution in [0.2, 0.25) is 0 Å². The minimum atomic E-state index is 0. The Balaban J connectivity index is 0.000000640. The molecule has 0 bridgehead atoms. The molecule has 0 aliphatic heterocycles. The molecule has 0 amide bonds. The molecule has 1 rings (SSSR count). The van der Waals surface area contributed by atoms with Gasteiger partial charge in [0.2, 0.25) is 0 Å². The van der Waals surface area contributed by atoms with Gasteiger partial charge in [-0.25, -0.2) is 12.2 Å². The van der Waals surface area contributed by atoms with E-state index in [1.807, 2.05) is 6.08 Å². The molecule has 1 heteroatoms. The molecular weight excluding hydrogens is 187 g/mol. The summed E-state index contributed by atoms with van der Waals surface area (Å²) in [6, 6.07) is 0. The van der Waals surface area contributed by atoms with Gasteiger partial charge in [0, 0.05) is 26.2 Å². The molecule has 0 aromatic carbocycles. The summed E-state index contributed by atoms with van der Waals surface area (Å²) in [6.45, 7) is 2.20. The van der Waals surface area contributed by atoms with Gasteiger partial charge >= 0.3 is 0 Å². The zero-order valence-electron chi connectivity index (χ0n) is 5.72. The van der Waals surface area contributed by atoms with Crippen LogP contribution in [-0.4, -0.2) is 0 Å². The van der Waals surface area contributed by atoms with E-state index in [9.17, 15) is 0 Å². The Morgan fingerprint density at radius 2 is 2.33 bits per heavy atom. The van der Waals surface area contributed by atoms with Crippen LogP contribution in [0.3, 0.4) is 0 Å². The van der Waals surface area contributed by atoms with E-state index in [2.05, 4.69) is 25.2 Å². The van der Waals surface area contributed by atoms with Crippen LogP contribution < -0.4 is 0 Å². The standard InChI is InChI=1S/C8H11.Zr/c1-2-5-8-6-3-4-7-8;/h3-4,6,8H,2,5H2,1H3;/q-1;. The fraction of sp³-hybridized carbons (Fsp3) is 0.500. The zero-order valence-corrected chi connectivity index (χ0v) is 8.18. The summed E-state index contributed by atoms with van der Waals surface area (Å²) in [5.41, 5.74) is 0. The van der Waals surface area contributed by atoms with Crippen molar-refractivity contribution in [2.45, 2.75) is 19.8 Å². The molecule has 0 aromatic rings. The molecule has 1 atom stereocenters. The van der Waals surface area contributed by atoms with Crippen LogP contribution >= 0.6 is 0 Å². The molecule has 0 aromatic heterocycles. The van der Waals surface area contributed by atoms with Crippen LogP contribution in [0.25, 0.3) is 0 Å². The first kappa shape index (κ1) is 9.36. The van der Waals surface area contributed by atoms with Crippen LogP contribution in [0.4, 0.5) is 0 Å². The van der Waals surface area contributed by atoms with Crippen molar-refractivity contribution < 1.29 is 26.2 Å². The maximum absolute atomic E-state index is 3.22. The summed E-state index contributed by atoms with van der Waals surface area (Å²) in [5, 5.41) is 0. The molecule has 0 saturated carbocycles. The first-order chi connectivity index (χ1) is 3.93. The zero-order chi connectivity index (χ0) is 5.82. The third kappa shape index (κ3) is 3.15. The average Bonchev–Trinajstić information content (AvgIpc) is 2.19. The number of rotatable bonds is 2. The summed E-state index contributed by atoms with van der Waals surface area (Å²) in [6.07, 6.45) is 12.0. The predicted molar refractivity (Wildman–Crippen MR) is 35.4 cm³/mol. The van der Waals surface area contributed by atoms with Crippen molar-refractivity contribution in [3.05, 3.63) is 24.3 Å². The largest absolute Gasteiger partial charge is 0.270 e.